The van der Waals surface area contributed by atoms with E-state index in [0.29, 0.717) is 5.02 Å². The highest BCUT2D eigenvalue weighted by atomic mass is 79.9. The molecule has 0 nitrogen and oxygen atoms in total. The Morgan fingerprint density at radius 1 is 1.33 bits per heavy atom. The Labute approximate surface area is 122 Å². The molecule has 0 amide bonds. The van der Waals surface area contributed by atoms with Crippen LogP contribution in [0.5, 0.6) is 0 Å². The van der Waals surface area contributed by atoms with Gasteiger partial charge in [-0.05, 0) is 36.4 Å². The second-order valence-corrected chi connectivity index (χ2v) is 6.36. The van der Waals surface area contributed by atoms with E-state index in [0.717, 1.165) is 10.4 Å². The van der Waals surface area contributed by atoms with Gasteiger partial charge in [0.25, 0.3) is 0 Å². The maximum Gasteiger partial charge on any atom is 0.129 e. The van der Waals surface area contributed by atoms with Gasteiger partial charge >= 0.3 is 0 Å². The highest BCUT2D eigenvalue weighted by molar-refractivity contribution is 9.09. The molecule has 0 saturated carbocycles. The highest BCUT2D eigenvalue weighted by Crippen LogP contribution is 2.39. The lowest BCUT2D eigenvalue weighted by Gasteiger charge is -2.10. The number of alkyl halides is 1. The molecule has 1 aromatic heterocycles. The molecule has 5 heteroatoms. The van der Waals surface area contributed by atoms with E-state index in [1.807, 2.05) is 12.3 Å². The molecule has 0 fully saturated rings. The van der Waals surface area contributed by atoms with E-state index < -0.39 is 11.6 Å². The minimum absolute atomic E-state index is 0.0847. The fraction of sp³-hybridized carbons (Fsp3) is 0.231. The van der Waals surface area contributed by atoms with Gasteiger partial charge in [0.2, 0.25) is 0 Å². The SMILES string of the molecule is Cc1csc(C(Br)Cc2c(F)cccc2F)c1Cl. The van der Waals surface area contributed by atoms with Crippen molar-refractivity contribution in [2.75, 3.05) is 0 Å². The number of thiophene rings is 1. The average molecular weight is 352 g/mol. The van der Waals surface area contributed by atoms with E-state index in [9.17, 15) is 8.78 Å². The van der Waals surface area contributed by atoms with Gasteiger partial charge in [-0.15, -0.1) is 11.3 Å². The van der Waals surface area contributed by atoms with Crippen LogP contribution in [0.4, 0.5) is 8.78 Å². The monoisotopic (exact) mass is 350 g/mol. The second kappa shape index (κ2) is 5.68. The van der Waals surface area contributed by atoms with Crippen LogP contribution in [0.1, 0.15) is 20.8 Å². The minimum atomic E-state index is -0.524. The number of hydrogen-bond donors (Lipinski definition) is 0. The van der Waals surface area contributed by atoms with E-state index in [2.05, 4.69) is 15.9 Å². The molecule has 0 radical (unpaired) electrons. The molecule has 0 saturated heterocycles. The molecule has 1 aromatic carbocycles. The first-order valence-corrected chi connectivity index (χ1v) is 7.48. The van der Waals surface area contributed by atoms with Crippen molar-refractivity contribution in [1.82, 2.24) is 0 Å². The summed E-state index contributed by atoms with van der Waals surface area (Å²) in [5.74, 6) is -1.05. The van der Waals surface area contributed by atoms with Crippen molar-refractivity contribution in [3.05, 3.63) is 56.2 Å². The molecule has 2 rings (SSSR count). The van der Waals surface area contributed by atoms with Crippen molar-refractivity contribution in [3.8, 4) is 0 Å². The Balaban J connectivity index is 2.27. The van der Waals surface area contributed by atoms with Gasteiger partial charge in [0, 0.05) is 10.4 Å². The van der Waals surface area contributed by atoms with Crippen LogP contribution in [0.25, 0.3) is 0 Å². The lowest BCUT2D eigenvalue weighted by atomic mass is 10.1. The van der Waals surface area contributed by atoms with Crippen LogP contribution < -0.4 is 0 Å². The molecule has 96 valence electrons. The van der Waals surface area contributed by atoms with Gasteiger partial charge in [0.05, 0.1) is 9.85 Å². The van der Waals surface area contributed by atoms with E-state index in [4.69, 9.17) is 11.6 Å². The zero-order valence-electron chi connectivity index (χ0n) is 9.51. The molecular formula is C13H10BrClF2S. The molecular weight excluding hydrogens is 342 g/mol. The van der Waals surface area contributed by atoms with Crippen LogP contribution in [0, 0.1) is 18.6 Å². The van der Waals surface area contributed by atoms with Crippen LogP contribution in [0.2, 0.25) is 5.02 Å². The zero-order valence-corrected chi connectivity index (χ0v) is 12.7. The summed E-state index contributed by atoms with van der Waals surface area (Å²) in [6.45, 7) is 1.91. The first-order chi connectivity index (χ1) is 8.50. The summed E-state index contributed by atoms with van der Waals surface area (Å²) < 4.78 is 27.1. The van der Waals surface area contributed by atoms with Gasteiger partial charge in [0.1, 0.15) is 11.6 Å². The van der Waals surface area contributed by atoms with Crippen LogP contribution in [-0.4, -0.2) is 0 Å². The van der Waals surface area contributed by atoms with Crippen molar-refractivity contribution in [2.45, 2.75) is 18.2 Å². The first kappa shape index (κ1) is 14.0. The molecule has 0 bridgehead atoms. The summed E-state index contributed by atoms with van der Waals surface area (Å²) in [5, 5.41) is 2.60. The molecule has 18 heavy (non-hydrogen) atoms. The van der Waals surface area contributed by atoms with Crippen LogP contribution in [-0.2, 0) is 6.42 Å². The maximum absolute atomic E-state index is 13.5. The Morgan fingerprint density at radius 3 is 2.44 bits per heavy atom. The van der Waals surface area contributed by atoms with Gasteiger partial charge in [-0.1, -0.05) is 33.6 Å². The number of benzene rings is 1. The standard InChI is InChI=1S/C13H10BrClF2S/c1-7-6-18-13(12(7)15)9(14)5-8-10(16)3-2-4-11(8)17/h2-4,6,9H,5H2,1H3. The highest BCUT2D eigenvalue weighted by Gasteiger charge is 2.19. The Kier molecular flexibility index (Phi) is 4.41. The van der Waals surface area contributed by atoms with Gasteiger partial charge in [-0.2, -0.15) is 0 Å². The summed E-state index contributed by atoms with van der Waals surface area (Å²) in [4.78, 5) is 0.715. The topological polar surface area (TPSA) is 0 Å². The Morgan fingerprint density at radius 2 is 1.94 bits per heavy atom. The predicted octanol–water partition coefficient (Wildman–Crippen LogP) is 5.67. The summed E-state index contributed by atoms with van der Waals surface area (Å²) in [7, 11) is 0. The van der Waals surface area contributed by atoms with Crippen molar-refractivity contribution in [3.63, 3.8) is 0 Å². The Hall–Kier alpha value is -0.450. The smallest absolute Gasteiger partial charge is 0.129 e. The fourth-order valence-corrected chi connectivity index (χ4v) is 3.97. The Bertz CT molecular complexity index is 548. The number of rotatable bonds is 3. The second-order valence-electron chi connectivity index (χ2n) is 3.97. The molecule has 1 unspecified atom stereocenters. The summed E-state index contributed by atoms with van der Waals surface area (Å²) in [5.41, 5.74) is 1.07. The molecule has 1 heterocycles. The molecule has 0 aliphatic rings. The normalized spacial score (nSPS) is 12.7. The van der Waals surface area contributed by atoms with Crippen molar-refractivity contribution in [2.24, 2.45) is 0 Å². The zero-order chi connectivity index (χ0) is 13.3. The minimum Gasteiger partial charge on any atom is -0.207 e. The largest absolute Gasteiger partial charge is 0.207 e. The molecule has 0 aliphatic heterocycles. The van der Waals surface area contributed by atoms with E-state index in [1.165, 1.54) is 29.5 Å². The van der Waals surface area contributed by atoms with Crippen LogP contribution >= 0.6 is 38.9 Å². The molecule has 1 atom stereocenters. The van der Waals surface area contributed by atoms with Gasteiger partial charge in [-0.25, -0.2) is 8.78 Å². The van der Waals surface area contributed by atoms with E-state index in [1.54, 1.807) is 0 Å². The summed E-state index contributed by atoms with van der Waals surface area (Å²) >= 11 is 11.1. The molecule has 2 aromatic rings. The third-order valence-electron chi connectivity index (χ3n) is 2.65. The van der Waals surface area contributed by atoms with Crippen molar-refractivity contribution < 1.29 is 8.78 Å². The lowest BCUT2D eigenvalue weighted by Crippen LogP contribution is -2.00. The third kappa shape index (κ3) is 2.76. The summed E-state index contributed by atoms with van der Waals surface area (Å²) in [6, 6.07) is 3.89. The third-order valence-corrected chi connectivity index (χ3v) is 5.57. The fourth-order valence-electron chi connectivity index (χ4n) is 1.66. The van der Waals surface area contributed by atoms with Crippen molar-refractivity contribution in [1.29, 1.82) is 0 Å². The maximum atomic E-state index is 13.5. The quantitative estimate of drug-likeness (QED) is 0.625. The lowest BCUT2D eigenvalue weighted by molar-refractivity contribution is 0.554. The molecule has 0 N–H and O–H groups in total. The van der Waals surface area contributed by atoms with E-state index >= 15 is 0 Å². The molecule has 0 spiro atoms. The molecule has 0 aliphatic carbocycles. The van der Waals surface area contributed by atoms with Gasteiger partial charge in [0.15, 0.2) is 0 Å². The number of hydrogen-bond acceptors (Lipinski definition) is 1. The van der Waals surface area contributed by atoms with Gasteiger partial charge < -0.3 is 0 Å². The average Bonchev–Trinajstić information content (AvgIpc) is 2.65. The van der Waals surface area contributed by atoms with E-state index in [-0.39, 0.29) is 16.8 Å². The van der Waals surface area contributed by atoms with Crippen LogP contribution in [0.3, 0.4) is 0 Å². The summed E-state index contributed by atoms with van der Waals surface area (Å²) in [6.07, 6.45) is 0.234. The number of aryl methyl sites for hydroxylation is 1. The van der Waals surface area contributed by atoms with Gasteiger partial charge in [-0.3, -0.25) is 0 Å². The number of halogens is 4. The first-order valence-electron chi connectivity index (χ1n) is 5.31. The van der Waals surface area contributed by atoms with Crippen LogP contribution in [0.15, 0.2) is 23.6 Å². The van der Waals surface area contributed by atoms with Crippen molar-refractivity contribution >= 4 is 38.9 Å². The predicted molar refractivity (Wildman–Crippen MR) is 75.8 cm³/mol.